The van der Waals surface area contributed by atoms with Crippen LogP contribution < -0.4 is 5.32 Å². The molecule has 3 heteroatoms. The molecule has 0 aliphatic carbocycles. The first-order chi connectivity index (χ1) is 9.69. The van der Waals surface area contributed by atoms with E-state index in [4.69, 9.17) is 11.6 Å². The van der Waals surface area contributed by atoms with E-state index in [2.05, 4.69) is 36.5 Å². The molecule has 106 valence electrons. The predicted molar refractivity (Wildman–Crippen MR) is 85.3 cm³/mol. The molecule has 0 saturated heterocycles. The van der Waals surface area contributed by atoms with Crippen LogP contribution in [0, 0.1) is 0 Å². The summed E-state index contributed by atoms with van der Waals surface area (Å²) < 4.78 is 0. The number of anilines is 1. The first kappa shape index (κ1) is 14.9. The fraction of sp³-hybridized carbons (Fsp3) is 0.294. The van der Waals surface area contributed by atoms with Gasteiger partial charge in [-0.25, -0.2) is 0 Å². The van der Waals surface area contributed by atoms with Crippen LogP contribution in [0.5, 0.6) is 0 Å². The van der Waals surface area contributed by atoms with Crippen molar-refractivity contribution in [2.75, 3.05) is 11.9 Å². The maximum atomic E-state index is 10.1. The van der Waals surface area contributed by atoms with Crippen molar-refractivity contribution in [3.05, 3.63) is 64.7 Å². The minimum Gasteiger partial charge on any atom is -0.387 e. The van der Waals surface area contributed by atoms with Gasteiger partial charge in [-0.15, -0.1) is 0 Å². The molecule has 0 saturated carbocycles. The van der Waals surface area contributed by atoms with E-state index in [-0.39, 0.29) is 0 Å². The van der Waals surface area contributed by atoms with E-state index in [1.165, 1.54) is 5.56 Å². The maximum absolute atomic E-state index is 10.1. The molecule has 0 radical (unpaired) electrons. The van der Waals surface area contributed by atoms with Crippen LogP contribution in [-0.4, -0.2) is 11.7 Å². The predicted octanol–water partition coefficient (Wildman–Crippen LogP) is 4.44. The highest BCUT2D eigenvalue weighted by molar-refractivity contribution is 6.30. The summed E-state index contributed by atoms with van der Waals surface area (Å²) >= 11 is 5.83. The normalized spacial score (nSPS) is 12.2. The molecule has 2 aromatic carbocycles. The molecular weight excluding hydrogens is 270 g/mol. The van der Waals surface area contributed by atoms with E-state index in [0.29, 0.717) is 11.6 Å². The number of nitrogens with one attached hydrogen (secondary N) is 1. The van der Waals surface area contributed by atoms with Crippen molar-refractivity contribution in [2.45, 2.75) is 25.9 Å². The van der Waals surface area contributed by atoms with Crippen LogP contribution in [0.25, 0.3) is 0 Å². The fourth-order valence-electron chi connectivity index (χ4n) is 2.10. The molecular formula is C17H20ClNO. The van der Waals surface area contributed by atoms with Crippen LogP contribution in [-0.2, 0) is 6.42 Å². The van der Waals surface area contributed by atoms with Crippen molar-refractivity contribution in [3.8, 4) is 0 Å². The van der Waals surface area contributed by atoms with Crippen LogP contribution in [0.15, 0.2) is 48.5 Å². The van der Waals surface area contributed by atoms with Crippen LogP contribution in [0.1, 0.15) is 30.6 Å². The fourth-order valence-corrected chi connectivity index (χ4v) is 2.22. The zero-order chi connectivity index (χ0) is 14.4. The number of benzene rings is 2. The van der Waals surface area contributed by atoms with E-state index in [1.807, 2.05) is 12.1 Å². The summed E-state index contributed by atoms with van der Waals surface area (Å²) in [5, 5.41) is 14.0. The van der Waals surface area contributed by atoms with Crippen molar-refractivity contribution in [1.29, 1.82) is 0 Å². The van der Waals surface area contributed by atoms with E-state index in [9.17, 15) is 5.11 Å². The smallest absolute Gasteiger partial charge is 0.0962 e. The maximum Gasteiger partial charge on any atom is 0.0962 e. The highest BCUT2D eigenvalue weighted by atomic mass is 35.5. The Kier molecular flexibility index (Phi) is 5.45. The van der Waals surface area contributed by atoms with Gasteiger partial charge in [0.2, 0.25) is 0 Å². The Labute approximate surface area is 125 Å². The van der Waals surface area contributed by atoms with Gasteiger partial charge in [0.15, 0.2) is 0 Å². The second-order valence-electron chi connectivity index (χ2n) is 4.90. The molecule has 2 N–H and O–H groups in total. The highest BCUT2D eigenvalue weighted by Crippen LogP contribution is 2.18. The Bertz CT molecular complexity index is 522. The van der Waals surface area contributed by atoms with Gasteiger partial charge in [0.25, 0.3) is 0 Å². The molecule has 0 spiro atoms. The van der Waals surface area contributed by atoms with Gasteiger partial charge in [-0.2, -0.15) is 0 Å². The number of rotatable bonds is 6. The lowest BCUT2D eigenvalue weighted by Gasteiger charge is -2.13. The second kappa shape index (κ2) is 7.32. The standard InChI is InChI=1S/C17H20ClNO/c1-2-3-13-4-10-16(11-5-13)19-12-17(20)14-6-8-15(18)9-7-14/h4-11,17,19-20H,2-3,12H2,1H3. The van der Waals surface area contributed by atoms with Gasteiger partial charge >= 0.3 is 0 Å². The average molecular weight is 290 g/mol. The summed E-state index contributed by atoms with van der Waals surface area (Å²) in [6.45, 7) is 2.66. The van der Waals surface area contributed by atoms with Gasteiger partial charge in [-0.1, -0.05) is 49.2 Å². The highest BCUT2D eigenvalue weighted by Gasteiger charge is 2.06. The third-order valence-electron chi connectivity index (χ3n) is 3.25. The van der Waals surface area contributed by atoms with E-state index >= 15 is 0 Å². The number of aryl methyl sites for hydroxylation is 1. The quantitative estimate of drug-likeness (QED) is 0.824. The van der Waals surface area contributed by atoms with E-state index in [0.717, 1.165) is 24.1 Å². The molecule has 20 heavy (non-hydrogen) atoms. The van der Waals surface area contributed by atoms with E-state index < -0.39 is 6.10 Å². The molecule has 2 nitrogen and oxygen atoms in total. The van der Waals surface area contributed by atoms with Crippen LogP contribution >= 0.6 is 11.6 Å². The monoisotopic (exact) mass is 289 g/mol. The molecule has 1 atom stereocenters. The van der Waals surface area contributed by atoms with Gasteiger partial charge in [0.05, 0.1) is 6.10 Å². The third kappa shape index (κ3) is 4.26. The Morgan fingerprint density at radius 3 is 2.30 bits per heavy atom. The zero-order valence-electron chi connectivity index (χ0n) is 11.6. The summed E-state index contributed by atoms with van der Waals surface area (Å²) in [6.07, 6.45) is 1.72. The molecule has 0 heterocycles. The lowest BCUT2D eigenvalue weighted by atomic mass is 10.1. The summed E-state index contributed by atoms with van der Waals surface area (Å²) in [5.74, 6) is 0. The Balaban J connectivity index is 1.89. The lowest BCUT2D eigenvalue weighted by Crippen LogP contribution is -2.12. The molecule has 0 aliphatic heterocycles. The van der Waals surface area contributed by atoms with Gasteiger partial charge in [-0.3, -0.25) is 0 Å². The third-order valence-corrected chi connectivity index (χ3v) is 3.50. The largest absolute Gasteiger partial charge is 0.387 e. The molecule has 0 aromatic heterocycles. The van der Waals surface area contributed by atoms with Crippen molar-refractivity contribution in [2.24, 2.45) is 0 Å². The van der Waals surface area contributed by atoms with E-state index in [1.54, 1.807) is 12.1 Å². The Morgan fingerprint density at radius 1 is 1.05 bits per heavy atom. The van der Waals surface area contributed by atoms with Crippen molar-refractivity contribution >= 4 is 17.3 Å². The molecule has 0 bridgehead atoms. The molecule has 0 fully saturated rings. The van der Waals surface area contributed by atoms with Gasteiger partial charge < -0.3 is 10.4 Å². The molecule has 0 amide bonds. The Morgan fingerprint density at radius 2 is 1.70 bits per heavy atom. The number of aliphatic hydroxyl groups is 1. The molecule has 2 aromatic rings. The summed E-state index contributed by atoms with van der Waals surface area (Å²) in [7, 11) is 0. The minimum atomic E-state index is -0.539. The first-order valence-corrected chi connectivity index (χ1v) is 7.33. The van der Waals surface area contributed by atoms with Crippen LogP contribution in [0.3, 0.4) is 0 Å². The van der Waals surface area contributed by atoms with Crippen LogP contribution in [0.4, 0.5) is 5.69 Å². The topological polar surface area (TPSA) is 32.3 Å². The minimum absolute atomic E-state index is 0.481. The second-order valence-corrected chi connectivity index (χ2v) is 5.33. The van der Waals surface area contributed by atoms with Gasteiger partial charge in [0, 0.05) is 17.3 Å². The molecule has 1 unspecified atom stereocenters. The summed E-state index contributed by atoms with van der Waals surface area (Å²) in [6, 6.07) is 15.6. The van der Waals surface area contributed by atoms with Crippen molar-refractivity contribution in [1.82, 2.24) is 0 Å². The average Bonchev–Trinajstić information content (AvgIpc) is 2.47. The SMILES string of the molecule is CCCc1ccc(NCC(O)c2ccc(Cl)cc2)cc1. The molecule has 0 aliphatic rings. The van der Waals surface area contributed by atoms with Gasteiger partial charge in [0.1, 0.15) is 0 Å². The number of hydrogen-bond acceptors (Lipinski definition) is 2. The number of aliphatic hydroxyl groups excluding tert-OH is 1. The summed E-state index contributed by atoms with van der Waals surface area (Å²) in [5.41, 5.74) is 3.23. The lowest BCUT2D eigenvalue weighted by molar-refractivity contribution is 0.191. The Hall–Kier alpha value is -1.51. The van der Waals surface area contributed by atoms with Crippen LogP contribution in [0.2, 0.25) is 5.02 Å². The van der Waals surface area contributed by atoms with Gasteiger partial charge in [-0.05, 0) is 41.8 Å². The van der Waals surface area contributed by atoms with Crippen molar-refractivity contribution < 1.29 is 5.11 Å². The zero-order valence-corrected chi connectivity index (χ0v) is 12.4. The first-order valence-electron chi connectivity index (χ1n) is 6.95. The van der Waals surface area contributed by atoms with Crippen molar-refractivity contribution in [3.63, 3.8) is 0 Å². The molecule has 2 rings (SSSR count). The summed E-state index contributed by atoms with van der Waals surface area (Å²) in [4.78, 5) is 0. The number of hydrogen-bond donors (Lipinski definition) is 2. The number of halogens is 1.